The Hall–Kier alpha value is -1.12. The van der Waals surface area contributed by atoms with Crippen molar-refractivity contribution in [1.82, 2.24) is 4.98 Å². The normalized spacial score (nSPS) is 11.2. The van der Waals surface area contributed by atoms with Crippen molar-refractivity contribution in [2.75, 3.05) is 0 Å². The van der Waals surface area contributed by atoms with Crippen LogP contribution in [0.2, 0.25) is 5.02 Å². The molecule has 3 rings (SSSR count). The fourth-order valence-electron chi connectivity index (χ4n) is 1.64. The molecule has 0 aliphatic rings. The van der Waals surface area contributed by atoms with Gasteiger partial charge in [0, 0.05) is 32.9 Å². The molecule has 0 N–H and O–H groups in total. The van der Waals surface area contributed by atoms with E-state index in [9.17, 15) is 0 Å². The number of rotatable bonds is 0. The summed E-state index contributed by atoms with van der Waals surface area (Å²) in [6.07, 6.45) is 3.69. The van der Waals surface area contributed by atoms with Crippen molar-refractivity contribution in [3.05, 3.63) is 41.7 Å². The van der Waals surface area contributed by atoms with E-state index in [-0.39, 0.29) is 0 Å². The smallest absolute Gasteiger partial charge is 0.0539 e. The van der Waals surface area contributed by atoms with Crippen molar-refractivity contribution < 1.29 is 0 Å². The molecule has 3 aromatic rings. The zero-order valence-corrected chi connectivity index (χ0v) is 8.77. The second-order valence-corrected chi connectivity index (χ2v) is 4.58. The number of thiophene rings is 1. The van der Waals surface area contributed by atoms with Crippen molar-refractivity contribution in [2.24, 2.45) is 0 Å². The van der Waals surface area contributed by atoms with Crippen LogP contribution in [-0.2, 0) is 0 Å². The van der Waals surface area contributed by atoms with Crippen LogP contribution in [0, 0.1) is 0 Å². The quantitative estimate of drug-likeness (QED) is 0.555. The van der Waals surface area contributed by atoms with Gasteiger partial charge in [-0.15, -0.1) is 11.3 Å². The van der Waals surface area contributed by atoms with E-state index >= 15 is 0 Å². The van der Waals surface area contributed by atoms with Crippen LogP contribution in [0.1, 0.15) is 0 Å². The van der Waals surface area contributed by atoms with Crippen LogP contribution in [0.15, 0.2) is 36.7 Å². The van der Waals surface area contributed by atoms with Gasteiger partial charge in [0.05, 0.1) is 4.70 Å². The molecular weight excluding hydrogens is 214 g/mol. The van der Waals surface area contributed by atoms with Crippen LogP contribution in [0.25, 0.3) is 20.2 Å². The maximum Gasteiger partial charge on any atom is 0.0539 e. The van der Waals surface area contributed by atoms with Crippen LogP contribution in [-0.4, -0.2) is 4.98 Å². The number of benzene rings is 1. The number of hydrogen-bond donors (Lipinski definition) is 0. The van der Waals surface area contributed by atoms with E-state index in [2.05, 4.69) is 11.1 Å². The topological polar surface area (TPSA) is 12.9 Å². The molecule has 0 atom stereocenters. The molecule has 2 aromatic heterocycles. The molecule has 0 bridgehead atoms. The maximum absolute atomic E-state index is 6.16. The molecule has 0 aliphatic carbocycles. The van der Waals surface area contributed by atoms with E-state index in [4.69, 9.17) is 11.6 Å². The predicted octanol–water partition coefficient (Wildman–Crippen LogP) is 4.10. The molecule has 0 amide bonds. The minimum absolute atomic E-state index is 0.819. The highest BCUT2D eigenvalue weighted by molar-refractivity contribution is 7.25. The Labute approximate surface area is 90.0 Å². The van der Waals surface area contributed by atoms with Gasteiger partial charge in [0.15, 0.2) is 0 Å². The highest BCUT2D eigenvalue weighted by Gasteiger charge is 2.06. The van der Waals surface area contributed by atoms with Gasteiger partial charge in [0.2, 0.25) is 0 Å². The lowest BCUT2D eigenvalue weighted by Gasteiger charge is -1.93. The highest BCUT2D eigenvalue weighted by Crippen LogP contribution is 2.36. The fourth-order valence-corrected chi connectivity index (χ4v) is 3.07. The zero-order chi connectivity index (χ0) is 9.54. The van der Waals surface area contributed by atoms with Crippen molar-refractivity contribution in [2.45, 2.75) is 0 Å². The van der Waals surface area contributed by atoms with Crippen molar-refractivity contribution in [3.63, 3.8) is 0 Å². The molecule has 3 heteroatoms. The van der Waals surface area contributed by atoms with Gasteiger partial charge >= 0.3 is 0 Å². The van der Waals surface area contributed by atoms with Gasteiger partial charge in [-0.05, 0) is 18.2 Å². The number of fused-ring (bicyclic) bond motifs is 3. The summed E-state index contributed by atoms with van der Waals surface area (Å²) in [5.41, 5.74) is 0. The minimum Gasteiger partial charge on any atom is -0.263 e. The molecule has 0 radical (unpaired) electrons. The molecule has 0 spiro atoms. The largest absolute Gasteiger partial charge is 0.263 e. The van der Waals surface area contributed by atoms with E-state index in [1.165, 1.54) is 14.8 Å². The molecule has 1 aromatic carbocycles. The Morgan fingerprint density at radius 3 is 3.00 bits per heavy atom. The Bertz CT molecular complexity index is 615. The van der Waals surface area contributed by atoms with Crippen molar-refractivity contribution in [3.8, 4) is 0 Å². The molecule has 14 heavy (non-hydrogen) atoms. The molecule has 0 saturated heterocycles. The summed E-state index contributed by atoms with van der Waals surface area (Å²) in [6, 6.07) is 8.01. The number of halogens is 1. The summed E-state index contributed by atoms with van der Waals surface area (Å²) in [7, 11) is 0. The van der Waals surface area contributed by atoms with Gasteiger partial charge in [-0.3, -0.25) is 4.98 Å². The van der Waals surface area contributed by atoms with Gasteiger partial charge in [0.25, 0.3) is 0 Å². The SMILES string of the molecule is Clc1cccc2sc3cnccc3c12. The summed E-state index contributed by atoms with van der Waals surface area (Å²) in [5.74, 6) is 0. The van der Waals surface area contributed by atoms with Crippen LogP contribution < -0.4 is 0 Å². The monoisotopic (exact) mass is 219 g/mol. The molecular formula is C11H6ClNS. The Morgan fingerprint density at radius 2 is 2.07 bits per heavy atom. The average Bonchev–Trinajstić information content (AvgIpc) is 2.57. The van der Waals surface area contributed by atoms with E-state index in [0.717, 1.165) is 10.4 Å². The summed E-state index contributed by atoms with van der Waals surface area (Å²) >= 11 is 7.89. The van der Waals surface area contributed by atoms with Gasteiger partial charge in [-0.2, -0.15) is 0 Å². The van der Waals surface area contributed by atoms with Crippen LogP contribution in [0.4, 0.5) is 0 Å². The first-order chi connectivity index (χ1) is 6.86. The van der Waals surface area contributed by atoms with Crippen LogP contribution >= 0.6 is 22.9 Å². The van der Waals surface area contributed by atoms with E-state index in [0.29, 0.717) is 0 Å². The minimum atomic E-state index is 0.819. The van der Waals surface area contributed by atoms with Gasteiger partial charge in [-0.25, -0.2) is 0 Å². The second kappa shape index (κ2) is 2.94. The number of aromatic nitrogens is 1. The highest BCUT2D eigenvalue weighted by atomic mass is 35.5. The molecule has 0 aliphatic heterocycles. The summed E-state index contributed by atoms with van der Waals surface area (Å²) in [4.78, 5) is 4.11. The molecule has 68 valence electrons. The number of hydrogen-bond acceptors (Lipinski definition) is 2. The molecule has 2 heterocycles. The first kappa shape index (κ1) is 8.21. The Kier molecular flexibility index (Phi) is 1.72. The third-order valence-electron chi connectivity index (χ3n) is 2.25. The van der Waals surface area contributed by atoms with Crippen LogP contribution in [0.3, 0.4) is 0 Å². The first-order valence-corrected chi connectivity index (χ1v) is 5.46. The Morgan fingerprint density at radius 1 is 1.14 bits per heavy atom. The van der Waals surface area contributed by atoms with Crippen LogP contribution in [0.5, 0.6) is 0 Å². The van der Waals surface area contributed by atoms with Gasteiger partial charge in [-0.1, -0.05) is 17.7 Å². The fraction of sp³-hybridized carbons (Fsp3) is 0. The van der Waals surface area contributed by atoms with E-state index < -0.39 is 0 Å². The summed E-state index contributed by atoms with van der Waals surface area (Å²) in [5, 5.41) is 3.17. The number of nitrogens with zero attached hydrogens (tertiary/aromatic N) is 1. The van der Waals surface area contributed by atoms with Gasteiger partial charge in [0.1, 0.15) is 0 Å². The van der Waals surface area contributed by atoms with E-state index in [1.807, 2.05) is 24.4 Å². The average molecular weight is 220 g/mol. The lowest BCUT2D eigenvalue weighted by molar-refractivity contribution is 1.37. The summed E-state index contributed by atoms with van der Waals surface area (Å²) < 4.78 is 2.41. The third-order valence-corrected chi connectivity index (χ3v) is 3.67. The predicted molar refractivity (Wildman–Crippen MR) is 62.1 cm³/mol. The lowest BCUT2D eigenvalue weighted by atomic mass is 10.2. The lowest BCUT2D eigenvalue weighted by Crippen LogP contribution is -1.69. The molecule has 0 saturated carbocycles. The van der Waals surface area contributed by atoms with Gasteiger partial charge < -0.3 is 0 Å². The molecule has 0 unspecified atom stereocenters. The second-order valence-electron chi connectivity index (χ2n) is 3.09. The first-order valence-electron chi connectivity index (χ1n) is 4.27. The third kappa shape index (κ3) is 1.04. The van der Waals surface area contributed by atoms with E-state index in [1.54, 1.807) is 17.5 Å². The molecule has 1 nitrogen and oxygen atoms in total. The Balaban J connectivity index is 2.65. The maximum atomic E-state index is 6.16. The van der Waals surface area contributed by atoms with Crippen molar-refractivity contribution in [1.29, 1.82) is 0 Å². The molecule has 0 fully saturated rings. The zero-order valence-electron chi connectivity index (χ0n) is 7.20. The van der Waals surface area contributed by atoms with Crippen molar-refractivity contribution >= 4 is 43.1 Å². The summed E-state index contributed by atoms with van der Waals surface area (Å²) in [6.45, 7) is 0. The number of pyridine rings is 1. The standard InChI is InChI=1S/C11H6ClNS/c12-8-2-1-3-9-11(8)7-4-5-13-6-10(7)14-9/h1-6H.